The summed E-state index contributed by atoms with van der Waals surface area (Å²) >= 11 is 5.87. The predicted molar refractivity (Wildman–Crippen MR) is 76.9 cm³/mol. The second kappa shape index (κ2) is 5.83. The van der Waals surface area contributed by atoms with Crippen LogP contribution in [0.4, 0.5) is 0 Å². The lowest BCUT2D eigenvalue weighted by atomic mass is 9.70. The van der Waals surface area contributed by atoms with Crippen LogP contribution in [0.5, 0.6) is 0 Å². The lowest BCUT2D eigenvalue weighted by Gasteiger charge is -2.42. The van der Waals surface area contributed by atoms with Gasteiger partial charge in [0.25, 0.3) is 5.91 Å². The molecule has 108 valence electrons. The third-order valence-electron chi connectivity index (χ3n) is 4.01. The molecule has 0 heterocycles. The van der Waals surface area contributed by atoms with Gasteiger partial charge in [0.1, 0.15) is 0 Å². The molecule has 1 amide bonds. The molecule has 2 N–H and O–H groups in total. The average molecular weight is 296 g/mol. The Hall–Kier alpha value is -1.55. The van der Waals surface area contributed by atoms with Crippen LogP contribution in [-0.2, 0) is 4.79 Å². The van der Waals surface area contributed by atoms with E-state index in [2.05, 4.69) is 5.32 Å². The quantitative estimate of drug-likeness (QED) is 0.877. The van der Waals surface area contributed by atoms with Crippen LogP contribution in [0.1, 0.15) is 43.0 Å². The molecular weight excluding hydrogens is 278 g/mol. The van der Waals surface area contributed by atoms with Crippen molar-refractivity contribution in [2.24, 2.45) is 5.92 Å². The molecule has 1 atom stereocenters. The van der Waals surface area contributed by atoms with E-state index in [0.717, 1.165) is 19.3 Å². The maximum atomic E-state index is 12.3. The molecule has 20 heavy (non-hydrogen) atoms. The zero-order chi connectivity index (χ0) is 14.8. The highest BCUT2D eigenvalue weighted by molar-refractivity contribution is 6.30. The molecule has 0 aliphatic heterocycles. The summed E-state index contributed by atoms with van der Waals surface area (Å²) in [6.45, 7) is 1.81. The van der Waals surface area contributed by atoms with Gasteiger partial charge in [0.2, 0.25) is 0 Å². The van der Waals surface area contributed by atoms with Crippen molar-refractivity contribution in [2.75, 3.05) is 0 Å². The van der Waals surface area contributed by atoms with Gasteiger partial charge < -0.3 is 10.4 Å². The van der Waals surface area contributed by atoms with Crippen LogP contribution in [0, 0.1) is 5.92 Å². The van der Waals surface area contributed by atoms with E-state index in [9.17, 15) is 9.59 Å². The molecule has 0 aromatic heterocycles. The van der Waals surface area contributed by atoms with E-state index >= 15 is 0 Å². The van der Waals surface area contributed by atoms with Crippen molar-refractivity contribution >= 4 is 23.5 Å². The minimum atomic E-state index is -0.897. The van der Waals surface area contributed by atoms with Gasteiger partial charge in [-0.3, -0.25) is 9.59 Å². The monoisotopic (exact) mass is 295 g/mol. The van der Waals surface area contributed by atoms with Crippen molar-refractivity contribution < 1.29 is 14.7 Å². The van der Waals surface area contributed by atoms with Gasteiger partial charge in [-0.2, -0.15) is 0 Å². The van der Waals surface area contributed by atoms with Crippen molar-refractivity contribution in [2.45, 2.75) is 38.1 Å². The third kappa shape index (κ3) is 3.31. The number of carboxylic acids is 1. The maximum Gasteiger partial charge on any atom is 0.305 e. The van der Waals surface area contributed by atoms with Crippen molar-refractivity contribution in [1.29, 1.82) is 0 Å². The molecule has 0 bridgehead atoms. The van der Waals surface area contributed by atoms with E-state index in [4.69, 9.17) is 16.7 Å². The van der Waals surface area contributed by atoms with Gasteiger partial charge >= 0.3 is 5.97 Å². The van der Waals surface area contributed by atoms with Crippen LogP contribution in [0.15, 0.2) is 24.3 Å². The zero-order valence-electron chi connectivity index (χ0n) is 11.4. The summed E-state index contributed by atoms with van der Waals surface area (Å²) in [5, 5.41) is 12.5. The van der Waals surface area contributed by atoms with Gasteiger partial charge in [-0.15, -0.1) is 0 Å². The minimum absolute atomic E-state index is 0.0655. The summed E-state index contributed by atoms with van der Waals surface area (Å²) in [4.78, 5) is 23.3. The summed E-state index contributed by atoms with van der Waals surface area (Å²) in [6, 6.07) is 6.65. The highest BCUT2D eigenvalue weighted by atomic mass is 35.5. The van der Waals surface area contributed by atoms with Crippen LogP contribution < -0.4 is 5.32 Å². The number of carbonyl (C=O) groups is 2. The van der Waals surface area contributed by atoms with Gasteiger partial charge in [-0.25, -0.2) is 0 Å². The number of hydrogen-bond acceptors (Lipinski definition) is 2. The minimum Gasteiger partial charge on any atom is -0.481 e. The van der Waals surface area contributed by atoms with Crippen molar-refractivity contribution in [3.8, 4) is 0 Å². The number of aliphatic carboxylic acids is 1. The summed E-state index contributed by atoms with van der Waals surface area (Å²) in [5.41, 5.74) is -0.253. The fourth-order valence-electron chi connectivity index (χ4n) is 2.61. The average Bonchev–Trinajstić information content (AvgIpc) is 2.24. The van der Waals surface area contributed by atoms with Gasteiger partial charge in [-0.05, 0) is 43.9 Å². The Labute approximate surface area is 123 Å². The molecule has 0 saturated heterocycles. The lowest BCUT2D eigenvalue weighted by Crippen LogP contribution is -2.54. The second-order valence-electron chi connectivity index (χ2n) is 5.58. The summed E-state index contributed by atoms with van der Waals surface area (Å²) in [5.74, 6) is -0.948. The number of hydrogen-bond donors (Lipinski definition) is 2. The normalized spacial score (nSPS) is 17.9. The van der Waals surface area contributed by atoms with Crippen LogP contribution in [0.25, 0.3) is 0 Å². The van der Waals surface area contributed by atoms with Gasteiger partial charge in [-0.1, -0.05) is 24.1 Å². The standard InChI is InChI=1S/C15H18ClNO3/c1-15(9-13(18)19,11-5-3-6-11)17-14(20)10-4-2-7-12(16)8-10/h2,4,7-8,11H,3,5-6,9H2,1H3,(H,17,20)(H,18,19). The molecule has 1 aliphatic carbocycles. The van der Waals surface area contributed by atoms with E-state index in [-0.39, 0.29) is 18.2 Å². The van der Waals surface area contributed by atoms with Crippen LogP contribution in [0.3, 0.4) is 0 Å². The molecule has 0 radical (unpaired) electrons. The second-order valence-corrected chi connectivity index (χ2v) is 6.02. The van der Waals surface area contributed by atoms with E-state index in [1.807, 2.05) is 6.92 Å². The van der Waals surface area contributed by atoms with E-state index < -0.39 is 11.5 Å². The van der Waals surface area contributed by atoms with Gasteiger partial charge in [0.05, 0.1) is 12.0 Å². The third-order valence-corrected chi connectivity index (χ3v) is 4.25. The Morgan fingerprint density at radius 3 is 2.65 bits per heavy atom. The first kappa shape index (κ1) is 14.9. The van der Waals surface area contributed by atoms with Crippen LogP contribution >= 0.6 is 11.6 Å². The van der Waals surface area contributed by atoms with E-state index in [0.29, 0.717) is 10.6 Å². The van der Waals surface area contributed by atoms with Gasteiger partial charge in [0.15, 0.2) is 0 Å². The fourth-order valence-corrected chi connectivity index (χ4v) is 2.80. The zero-order valence-corrected chi connectivity index (χ0v) is 12.1. The Morgan fingerprint density at radius 1 is 1.45 bits per heavy atom. The first-order valence-electron chi connectivity index (χ1n) is 6.70. The summed E-state index contributed by atoms with van der Waals surface area (Å²) in [7, 11) is 0. The predicted octanol–water partition coefficient (Wildman–Crippen LogP) is 3.10. The smallest absolute Gasteiger partial charge is 0.305 e. The largest absolute Gasteiger partial charge is 0.481 e. The summed E-state index contributed by atoms with van der Waals surface area (Å²) in [6.07, 6.45) is 2.94. The maximum absolute atomic E-state index is 12.3. The molecule has 2 rings (SSSR count). The van der Waals surface area contributed by atoms with E-state index in [1.165, 1.54) is 0 Å². The molecule has 1 aliphatic rings. The molecule has 1 unspecified atom stereocenters. The number of benzene rings is 1. The first-order chi connectivity index (χ1) is 9.40. The topological polar surface area (TPSA) is 66.4 Å². The Kier molecular flexibility index (Phi) is 4.33. The number of amides is 1. The Morgan fingerprint density at radius 2 is 2.15 bits per heavy atom. The number of rotatable bonds is 5. The molecule has 1 aromatic rings. The van der Waals surface area contributed by atoms with Crippen molar-refractivity contribution in [1.82, 2.24) is 5.32 Å². The number of carboxylic acid groups (broad SMARTS) is 1. The molecule has 1 aromatic carbocycles. The molecule has 4 nitrogen and oxygen atoms in total. The number of nitrogens with one attached hydrogen (secondary N) is 1. The fraction of sp³-hybridized carbons (Fsp3) is 0.467. The Balaban J connectivity index is 2.14. The molecule has 1 saturated carbocycles. The SMILES string of the molecule is CC(CC(=O)O)(NC(=O)c1cccc(Cl)c1)C1CCC1. The van der Waals surface area contributed by atoms with Crippen molar-refractivity contribution in [3.63, 3.8) is 0 Å². The molecule has 5 heteroatoms. The molecule has 0 spiro atoms. The number of halogens is 1. The lowest BCUT2D eigenvalue weighted by molar-refractivity contribution is -0.139. The molecular formula is C15H18ClNO3. The highest BCUT2D eigenvalue weighted by Gasteiger charge is 2.40. The number of carbonyl (C=O) groups excluding carboxylic acids is 1. The van der Waals surface area contributed by atoms with Gasteiger partial charge in [0, 0.05) is 10.6 Å². The summed E-state index contributed by atoms with van der Waals surface area (Å²) < 4.78 is 0. The van der Waals surface area contributed by atoms with Crippen LogP contribution in [0.2, 0.25) is 5.02 Å². The highest BCUT2D eigenvalue weighted by Crippen LogP contribution is 2.38. The van der Waals surface area contributed by atoms with E-state index in [1.54, 1.807) is 24.3 Å². The molecule has 1 fully saturated rings. The first-order valence-corrected chi connectivity index (χ1v) is 7.08. The van der Waals surface area contributed by atoms with Crippen molar-refractivity contribution in [3.05, 3.63) is 34.9 Å². The Bertz CT molecular complexity index is 528. The van der Waals surface area contributed by atoms with Crippen LogP contribution in [-0.4, -0.2) is 22.5 Å².